The molecule has 5 fully saturated rings. The van der Waals surface area contributed by atoms with E-state index in [1.807, 2.05) is 0 Å². The number of amides is 5. The van der Waals surface area contributed by atoms with Crippen molar-refractivity contribution >= 4 is 198 Å². The molecule has 5 heterocycles. The number of sulfonamides is 5. The molecule has 118 heavy (non-hydrogen) atoms. The van der Waals surface area contributed by atoms with Crippen molar-refractivity contribution in [1.29, 1.82) is 0 Å². The SMILES string of the molecule is CCS(=O)(=O)N1CCC(C(=O)Nc2ccc(Cl)c(F)c2)C1.CS(=O)(=O)N1CCC(C(=O)Nc2ccc(Cl)c(F)c2)C1.O=C(Nc1ccc(Br)c(Cl)c1)[C@H]1CCCN(S(=O)(=O)c2ccccc2)C1.O=C(Nc1ccc(Cl)c(Br)c1)[C@H]1CCCN(S(=O)(=O)c2ccccc2)C1.O=C(Nc1ccc(Cl)c(F)c1)C1CCN(S(=O)(=O)c2ccccc2)C1. The summed E-state index contributed by atoms with van der Waals surface area (Å²) in [6, 6.07) is 46.9. The molecule has 40 heteroatoms. The van der Waals surface area contributed by atoms with E-state index in [2.05, 4.69) is 58.4 Å². The van der Waals surface area contributed by atoms with Crippen LogP contribution in [0, 0.1) is 47.0 Å². The largest absolute Gasteiger partial charge is 0.326 e. The molecule has 0 aliphatic carbocycles. The predicted octanol–water partition coefficient (Wildman–Crippen LogP) is 15.2. The number of nitrogens with zero attached hydrogens (tertiary/aromatic N) is 5. The van der Waals surface area contributed by atoms with Gasteiger partial charge >= 0.3 is 0 Å². The van der Waals surface area contributed by atoms with Gasteiger partial charge in [0.15, 0.2) is 0 Å². The zero-order chi connectivity index (χ0) is 86.0. The van der Waals surface area contributed by atoms with Crippen LogP contribution < -0.4 is 26.6 Å². The van der Waals surface area contributed by atoms with E-state index in [1.165, 1.54) is 70.1 Å². The predicted molar refractivity (Wildman–Crippen MR) is 459 cm³/mol. The van der Waals surface area contributed by atoms with Crippen LogP contribution >= 0.6 is 89.9 Å². The minimum Gasteiger partial charge on any atom is -0.326 e. The number of nitrogens with one attached hydrogen (secondary N) is 5. The molecular weight excluding hydrogens is 1870 g/mol. The molecule has 0 radical (unpaired) electrons. The van der Waals surface area contributed by atoms with E-state index in [0.717, 1.165) is 28.9 Å². The number of carbonyl (C=O) groups is 5. The van der Waals surface area contributed by atoms with Crippen LogP contribution in [0.5, 0.6) is 0 Å². The molecule has 5 amide bonds. The number of benzene rings is 8. The highest BCUT2D eigenvalue weighted by atomic mass is 79.9. The van der Waals surface area contributed by atoms with Gasteiger partial charge in [-0.05, 0) is 211 Å². The van der Waals surface area contributed by atoms with Gasteiger partial charge in [0.2, 0.25) is 79.7 Å². The fraction of sp³-hybridized carbons (Fsp3) is 0.321. The Morgan fingerprint density at radius 3 is 0.941 bits per heavy atom. The van der Waals surface area contributed by atoms with Gasteiger partial charge in [0, 0.05) is 103 Å². The first kappa shape index (κ1) is 94.7. The Morgan fingerprint density at radius 2 is 0.627 bits per heavy atom. The molecular formula is C78H82Br2Cl5F3N10O15S5. The lowest BCUT2D eigenvalue weighted by molar-refractivity contribution is -0.121. The van der Waals surface area contributed by atoms with Gasteiger partial charge in [-0.1, -0.05) is 113 Å². The fourth-order valence-electron chi connectivity index (χ4n) is 12.8. The normalized spacial score (nSPS) is 18.9. The second-order valence-corrected chi connectivity index (χ2v) is 41.4. The maximum absolute atomic E-state index is 13.4. The van der Waals surface area contributed by atoms with Gasteiger partial charge in [-0.2, -0.15) is 12.9 Å². The van der Waals surface area contributed by atoms with Crippen LogP contribution in [0.4, 0.5) is 41.6 Å². The summed E-state index contributed by atoms with van der Waals surface area (Å²) in [5.41, 5.74) is 2.10. The summed E-state index contributed by atoms with van der Waals surface area (Å²) in [5, 5.41) is 14.4. The minimum absolute atomic E-state index is 0.0176. The Kier molecular flexibility index (Phi) is 34.2. The molecule has 5 aliphatic heterocycles. The topological polar surface area (TPSA) is 332 Å². The molecule has 8 aromatic rings. The van der Waals surface area contributed by atoms with E-state index in [1.54, 1.807) is 122 Å². The Bertz CT molecular complexity index is 5400. The Balaban J connectivity index is 0.000000169. The van der Waals surface area contributed by atoms with Crippen molar-refractivity contribution in [2.45, 2.75) is 66.6 Å². The molecule has 3 unspecified atom stereocenters. The summed E-state index contributed by atoms with van der Waals surface area (Å²) in [4.78, 5) is 62.3. The van der Waals surface area contributed by atoms with Gasteiger partial charge in [-0.3, -0.25) is 24.0 Å². The smallest absolute Gasteiger partial charge is 0.243 e. The maximum atomic E-state index is 13.4. The van der Waals surface area contributed by atoms with Gasteiger partial charge < -0.3 is 26.6 Å². The molecule has 5 aliphatic rings. The fourth-order valence-corrected chi connectivity index (χ4v) is 20.8. The lowest BCUT2D eigenvalue weighted by atomic mass is 9.99. The van der Waals surface area contributed by atoms with Crippen molar-refractivity contribution < 1.29 is 79.2 Å². The minimum atomic E-state index is -3.61. The summed E-state index contributed by atoms with van der Waals surface area (Å²) in [7, 11) is -17.3. The summed E-state index contributed by atoms with van der Waals surface area (Å²) in [5.74, 6) is -5.33. The van der Waals surface area contributed by atoms with E-state index in [0.29, 0.717) is 108 Å². The van der Waals surface area contributed by atoms with E-state index >= 15 is 0 Å². The maximum Gasteiger partial charge on any atom is 0.243 e. The highest BCUT2D eigenvalue weighted by Crippen LogP contribution is 2.34. The van der Waals surface area contributed by atoms with Gasteiger partial charge in [-0.15, -0.1) is 0 Å². The van der Waals surface area contributed by atoms with Crippen molar-refractivity contribution in [2.24, 2.45) is 29.6 Å². The molecule has 0 saturated carbocycles. The van der Waals surface area contributed by atoms with Crippen molar-refractivity contribution in [3.05, 3.63) is 234 Å². The van der Waals surface area contributed by atoms with Crippen molar-refractivity contribution in [3.8, 4) is 0 Å². The van der Waals surface area contributed by atoms with Gasteiger partial charge in [0.1, 0.15) is 17.5 Å². The monoisotopic (exact) mass is 1950 g/mol. The molecule has 0 bridgehead atoms. The van der Waals surface area contributed by atoms with Crippen molar-refractivity contribution in [1.82, 2.24) is 21.5 Å². The molecule has 5 atom stereocenters. The second kappa shape index (κ2) is 42.6. The number of hydrogen-bond acceptors (Lipinski definition) is 15. The van der Waals surface area contributed by atoms with Crippen molar-refractivity contribution in [3.63, 3.8) is 0 Å². The quantitative estimate of drug-likeness (QED) is 0.0502. The number of rotatable bonds is 19. The second-order valence-electron chi connectivity index (χ2n) is 27.6. The van der Waals surface area contributed by atoms with E-state index in [4.69, 9.17) is 58.0 Å². The third-order valence-electron chi connectivity index (χ3n) is 19.4. The van der Waals surface area contributed by atoms with E-state index in [-0.39, 0.29) is 110 Å². The van der Waals surface area contributed by atoms with Crippen LogP contribution in [-0.2, 0) is 74.1 Å². The third kappa shape index (κ3) is 26.2. The van der Waals surface area contributed by atoms with E-state index < -0.39 is 97.2 Å². The Hall–Kier alpha value is -7.14. The Morgan fingerprint density at radius 1 is 0.347 bits per heavy atom. The first-order valence-corrected chi connectivity index (χ1v) is 47.9. The zero-order valence-electron chi connectivity index (χ0n) is 63.1. The summed E-state index contributed by atoms with van der Waals surface area (Å²) < 4.78 is 171. The number of anilines is 5. The highest BCUT2D eigenvalue weighted by Gasteiger charge is 2.39. The average molecular weight is 1950 g/mol. The summed E-state index contributed by atoms with van der Waals surface area (Å²) in [6.07, 6.45) is 5.03. The number of carbonyl (C=O) groups excluding carboxylic acids is 5. The number of hydrogen-bond donors (Lipinski definition) is 5. The van der Waals surface area contributed by atoms with Crippen LogP contribution in [0.3, 0.4) is 0 Å². The average Bonchev–Trinajstić information content (AvgIpc) is 1.08. The van der Waals surface area contributed by atoms with Gasteiger partial charge in [0.25, 0.3) is 0 Å². The molecule has 5 saturated heterocycles. The van der Waals surface area contributed by atoms with Crippen LogP contribution in [0.15, 0.2) is 206 Å². The molecule has 0 aromatic heterocycles. The van der Waals surface area contributed by atoms with Crippen LogP contribution in [0.1, 0.15) is 51.9 Å². The summed E-state index contributed by atoms with van der Waals surface area (Å²) >= 11 is 35.4. The summed E-state index contributed by atoms with van der Waals surface area (Å²) in [6.45, 7) is 4.11. The highest BCUT2D eigenvalue weighted by molar-refractivity contribution is 9.11. The molecule has 634 valence electrons. The standard InChI is InChI=1S/2C18H18BrClN2O3S.C17H16ClFN2O3S.C13H16ClFN2O3S.C12H14ClFN2O3S/c19-16-11-14(8-9-17(16)20)21-18(23)13-5-4-10-22(12-13)26(24,25)15-6-2-1-3-7-15;19-16-9-8-14(11-17(16)20)21-18(23)13-5-4-10-22(12-13)26(24,25)15-6-2-1-3-7-15;18-15-7-6-13(10-16(15)19)20-17(22)12-8-9-21(11-12)25(23,24)14-4-2-1-3-5-14;1-2-21(19,20)17-6-5-9(8-17)13(18)16-10-3-4-11(14)12(15)7-10;1-20(18,19)16-5-4-8(7-16)12(17)15-9-2-3-10(13)11(14)6-9/h2*1-3,6-9,11,13H,4-5,10,12H2,(H,21,23);1-7,10,12H,8-9,11H2,(H,20,22);3-4,7,9H,2,5-6,8H2,1H3,(H,16,18);2-3,6,8H,4-5,7H2,1H3,(H,15,17)/t2*13-;;;/m00.../s1. The van der Waals surface area contributed by atoms with Crippen LogP contribution in [0.2, 0.25) is 25.1 Å². The Labute approximate surface area is 726 Å². The molecule has 0 spiro atoms. The third-order valence-corrected chi connectivity index (χ3v) is 31.5. The first-order chi connectivity index (χ1) is 55.7. The van der Waals surface area contributed by atoms with E-state index in [9.17, 15) is 79.2 Å². The molecule has 25 nitrogen and oxygen atoms in total. The lowest BCUT2D eigenvalue weighted by Crippen LogP contribution is -2.43. The van der Waals surface area contributed by atoms with Crippen molar-refractivity contribution in [2.75, 3.05) is 104 Å². The molecule has 8 aromatic carbocycles. The number of halogens is 10. The molecule has 13 rings (SSSR count). The van der Waals surface area contributed by atoms with Crippen LogP contribution in [-0.4, -0.2) is 171 Å². The number of piperidine rings is 2. The first-order valence-electron chi connectivity index (χ1n) is 36.6. The molecule has 5 N–H and O–H groups in total. The lowest BCUT2D eigenvalue weighted by Gasteiger charge is -2.31. The zero-order valence-corrected chi connectivity index (χ0v) is 74.1. The van der Waals surface area contributed by atoms with Gasteiger partial charge in [-0.25, -0.2) is 63.9 Å². The van der Waals surface area contributed by atoms with Crippen LogP contribution in [0.25, 0.3) is 0 Å². The van der Waals surface area contributed by atoms with Gasteiger partial charge in [0.05, 0.1) is 81.4 Å².